The van der Waals surface area contributed by atoms with Crippen LogP contribution in [0.5, 0.6) is 11.5 Å². The van der Waals surface area contributed by atoms with Crippen molar-refractivity contribution in [1.82, 2.24) is 5.32 Å². The third kappa shape index (κ3) is 7.46. The maximum absolute atomic E-state index is 13.0. The van der Waals surface area contributed by atoms with Gasteiger partial charge < -0.3 is 20.1 Å². The number of amides is 1. The maximum atomic E-state index is 13.0. The molecule has 0 spiro atoms. The number of hydrogen-bond acceptors (Lipinski definition) is 4. The van der Waals surface area contributed by atoms with Crippen LogP contribution in [-0.2, 0) is 15.7 Å². The molecular formula is C18H20ClF3N2O3. The number of rotatable bonds is 8. The molecule has 2 aromatic carbocycles. The van der Waals surface area contributed by atoms with Crippen LogP contribution in [0.1, 0.15) is 5.56 Å². The summed E-state index contributed by atoms with van der Waals surface area (Å²) in [6.45, 7) is 1.18. The average Bonchev–Trinajstić information content (AvgIpc) is 2.60. The van der Waals surface area contributed by atoms with Gasteiger partial charge in [-0.05, 0) is 36.4 Å². The molecule has 0 unspecified atom stereocenters. The Morgan fingerprint density at radius 1 is 1.07 bits per heavy atom. The number of para-hydroxylation sites is 1. The van der Waals surface area contributed by atoms with Gasteiger partial charge in [-0.25, -0.2) is 0 Å². The normalized spacial score (nSPS) is 10.8. The van der Waals surface area contributed by atoms with Gasteiger partial charge in [0.05, 0.1) is 18.7 Å². The number of nitrogens with one attached hydrogen (secondary N) is 2. The van der Waals surface area contributed by atoms with Crippen molar-refractivity contribution in [3.05, 3.63) is 54.1 Å². The van der Waals surface area contributed by atoms with Gasteiger partial charge >= 0.3 is 6.18 Å². The predicted molar refractivity (Wildman–Crippen MR) is 98.6 cm³/mol. The van der Waals surface area contributed by atoms with E-state index in [2.05, 4.69) is 10.6 Å². The second-order valence-electron chi connectivity index (χ2n) is 5.34. The fraction of sp³-hybridized carbons (Fsp3) is 0.278. The zero-order valence-electron chi connectivity index (χ0n) is 14.5. The molecule has 0 aliphatic heterocycles. The Morgan fingerprint density at radius 2 is 1.74 bits per heavy atom. The van der Waals surface area contributed by atoms with Gasteiger partial charge in [0.25, 0.3) is 0 Å². The number of halogens is 4. The van der Waals surface area contributed by atoms with Crippen molar-refractivity contribution in [3.63, 3.8) is 0 Å². The first-order chi connectivity index (χ1) is 12.4. The minimum atomic E-state index is -4.50. The van der Waals surface area contributed by atoms with Gasteiger partial charge in [0, 0.05) is 19.3 Å². The molecule has 0 heterocycles. The molecule has 0 atom stereocenters. The van der Waals surface area contributed by atoms with E-state index in [-0.39, 0.29) is 36.4 Å². The van der Waals surface area contributed by atoms with Crippen LogP contribution in [0.25, 0.3) is 0 Å². The topological polar surface area (TPSA) is 59.6 Å². The Bertz CT molecular complexity index is 725. The fourth-order valence-electron chi connectivity index (χ4n) is 2.10. The van der Waals surface area contributed by atoms with Crippen LogP contribution < -0.4 is 15.4 Å². The molecule has 2 N–H and O–H groups in total. The highest BCUT2D eigenvalue weighted by molar-refractivity contribution is 5.92. The van der Waals surface area contributed by atoms with Crippen LogP contribution in [0.4, 0.5) is 18.9 Å². The van der Waals surface area contributed by atoms with Crippen molar-refractivity contribution in [2.75, 3.05) is 32.1 Å². The summed E-state index contributed by atoms with van der Waals surface area (Å²) in [6.07, 6.45) is -4.50. The van der Waals surface area contributed by atoms with Gasteiger partial charge in [-0.15, -0.1) is 12.4 Å². The third-order valence-corrected chi connectivity index (χ3v) is 3.33. The Hall–Kier alpha value is -2.29. The van der Waals surface area contributed by atoms with Crippen LogP contribution in [0.3, 0.4) is 0 Å². The highest BCUT2D eigenvalue weighted by atomic mass is 35.5. The van der Waals surface area contributed by atoms with E-state index in [1.54, 1.807) is 19.2 Å². The zero-order valence-corrected chi connectivity index (χ0v) is 15.3. The van der Waals surface area contributed by atoms with Crippen molar-refractivity contribution < 1.29 is 27.4 Å². The molecule has 148 valence electrons. The molecule has 5 nitrogen and oxygen atoms in total. The van der Waals surface area contributed by atoms with Crippen LogP contribution >= 0.6 is 12.4 Å². The van der Waals surface area contributed by atoms with E-state index in [0.717, 1.165) is 6.07 Å². The minimum Gasteiger partial charge on any atom is -0.457 e. The largest absolute Gasteiger partial charge is 0.457 e. The molecule has 2 aromatic rings. The predicted octanol–water partition coefficient (Wildman–Crippen LogP) is 4.09. The second kappa shape index (κ2) is 10.8. The highest BCUT2D eigenvalue weighted by Crippen LogP contribution is 2.37. The summed E-state index contributed by atoms with van der Waals surface area (Å²) in [6, 6.07) is 11.1. The lowest BCUT2D eigenvalue weighted by molar-refractivity contribution is -0.138. The Morgan fingerprint density at radius 3 is 2.37 bits per heavy atom. The molecular weight excluding hydrogens is 385 g/mol. The van der Waals surface area contributed by atoms with Crippen LogP contribution in [0.2, 0.25) is 0 Å². The molecule has 0 aliphatic carbocycles. The molecule has 27 heavy (non-hydrogen) atoms. The first-order valence-corrected chi connectivity index (χ1v) is 7.84. The van der Waals surface area contributed by atoms with E-state index in [9.17, 15) is 18.0 Å². The molecule has 0 bridgehead atoms. The minimum absolute atomic E-state index is 0. The van der Waals surface area contributed by atoms with Gasteiger partial charge in [0.1, 0.15) is 11.5 Å². The molecule has 0 saturated heterocycles. The number of anilines is 1. The summed E-state index contributed by atoms with van der Waals surface area (Å²) in [7, 11) is 1.57. The van der Waals surface area contributed by atoms with Crippen molar-refractivity contribution >= 4 is 24.0 Å². The fourth-order valence-corrected chi connectivity index (χ4v) is 2.10. The third-order valence-electron chi connectivity index (χ3n) is 3.33. The number of carbonyl (C=O) groups is 1. The van der Waals surface area contributed by atoms with Gasteiger partial charge in [-0.2, -0.15) is 13.2 Å². The number of benzene rings is 2. The van der Waals surface area contributed by atoms with E-state index in [0.29, 0.717) is 18.8 Å². The van der Waals surface area contributed by atoms with Crippen LogP contribution in [-0.4, -0.2) is 32.7 Å². The molecule has 0 aliphatic rings. The molecule has 0 radical (unpaired) electrons. The summed E-state index contributed by atoms with van der Waals surface area (Å²) in [4.78, 5) is 11.7. The highest BCUT2D eigenvalue weighted by Gasteiger charge is 2.34. The monoisotopic (exact) mass is 404 g/mol. The van der Waals surface area contributed by atoms with Gasteiger partial charge in [0.2, 0.25) is 5.91 Å². The van der Waals surface area contributed by atoms with Gasteiger partial charge in [0.15, 0.2) is 0 Å². The van der Waals surface area contributed by atoms with Crippen molar-refractivity contribution in [1.29, 1.82) is 0 Å². The smallest absolute Gasteiger partial charge is 0.419 e. The van der Waals surface area contributed by atoms with Crippen molar-refractivity contribution in [2.45, 2.75) is 6.18 Å². The van der Waals surface area contributed by atoms with E-state index >= 15 is 0 Å². The van der Waals surface area contributed by atoms with Crippen LogP contribution in [0, 0.1) is 0 Å². The van der Waals surface area contributed by atoms with Gasteiger partial charge in [-0.1, -0.05) is 12.1 Å². The molecule has 0 saturated carbocycles. The summed E-state index contributed by atoms with van der Waals surface area (Å²) in [5, 5.41) is 5.57. The lowest BCUT2D eigenvalue weighted by Gasteiger charge is -2.13. The van der Waals surface area contributed by atoms with Gasteiger partial charge in [-0.3, -0.25) is 4.79 Å². The Kier molecular flexibility index (Phi) is 9.07. The Labute approximate surface area is 161 Å². The number of methoxy groups -OCH3 is 1. The number of alkyl halides is 3. The first kappa shape index (κ1) is 22.8. The average molecular weight is 405 g/mol. The number of carbonyl (C=O) groups excluding carboxylic acids is 1. The zero-order chi connectivity index (χ0) is 19.0. The molecule has 2 rings (SSSR count). The molecule has 0 fully saturated rings. The molecule has 0 aromatic heterocycles. The van der Waals surface area contributed by atoms with E-state index in [1.165, 1.54) is 30.3 Å². The molecule has 9 heteroatoms. The lowest BCUT2D eigenvalue weighted by Crippen LogP contribution is -2.30. The summed E-state index contributed by atoms with van der Waals surface area (Å²) < 4.78 is 49.1. The summed E-state index contributed by atoms with van der Waals surface area (Å²) >= 11 is 0. The van der Waals surface area contributed by atoms with E-state index in [4.69, 9.17) is 9.47 Å². The number of hydrogen-bond donors (Lipinski definition) is 2. The second-order valence-corrected chi connectivity index (χ2v) is 5.34. The van der Waals surface area contributed by atoms with Crippen molar-refractivity contribution in [3.8, 4) is 11.5 Å². The summed E-state index contributed by atoms with van der Waals surface area (Å²) in [5.74, 6) is -0.283. The van der Waals surface area contributed by atoms with Crippen molar-refractivity contribution in [2.24, 2.45) is 0 Å². The van der Waals surface area contributed by atoms with E-state index in [1.807, 2.05) is 0 Å². The standard InChI is InChI=1S/C18H19F3N2O3.ClH/c1-25-11-10-22-12-17(24)23-13-6-8-14(9-7-13)26-16-5-3-2-4-15(16)18(19,20)21;/h2-9,22H,10-12H2,1H3,(H,23,24);1H. The SMILES string of the molecule is COCCNCC(=O)Nc1ccc(Oc2ccccc2C(F)(F)F)cc1.Cl. The van der Waals surface area contributed by atoms with E-state index < -0.39 is 11.7 Å². The Balaban J connectivity index is 0.00000364. The number of ether oxygens (including phenoxy) is 2. The quantitative estimate of drug-likeness (QED) is 0.650. The maximum Gasteiger partial charge on any atom is 0.419 e. The first-order valence-electron chi connectivity index (χ1n) is 7.84. The lowest BCUT2D eigenvalue weighted by atomic mass is 10.2. The summed E-state index contributed by atoms with van der Waals surface area (Å²) in [5.41, 5.74) is -0.334. The molecule has 1 amide bonds. The van der Waals surface area contributed by atoms with Crippen LogP contribution in [0.15, 0.2) is 48.5 Å².